The molecule has 0 amide bonds. The summed E-state index contributed by atoms with van der Waals surface area (Å²) in [5, 5.41) is 9.05. The number of hydrogen-bond acceptors (Lipinski definition) is 4. The number of hydrogen-bond donors (Lipinski definition) is 1. The third-order valence-electron chi connectivity index (χ3n) is 2.80. The fraction of sp³-hybridized carbons (Fsp3) is 1.00. The molecule has 1 saturated heterocycles. The SMILES string of the molecule is CC(O)OB1COC(C)(C)C(C)(C)O1. The highest BCUT2D eigenvalue weighted by molar-refractivity contribution is 6.44. The standard InChI is InChI=1S/C9H19BO4/c1-7(11)13-10-6-12-8(2,3)9(4,5)14-10/h7,11H,6H2,1-5H3. The molecule has 1 rings (SSSR count). The van der Waals surface area contributed by atoms with Crippen LogP contribution in [0.25, 0.3) is 0 Å². The lowest BCUT2D eigenvalue weighted by atomic mass is 9.79. The summed E-state index contributed by atoms with van der Waals surface area (Å²) in [4.78, 5) is 0. The van der Waals surface area contributed by atoms with Gasteiger partial charge in [0, 0.05) is 0 Å². The second-order valence-corrected chi connectivity index (χ2v) is 4.61. The maximum atomic E-state index is 9.05. The van der Waals surface area contributed by atoms with Gasteiger partial charge >= 0.3 is 7.12 Å². The Balaban J connectivity index is 2.59. The van der Waals surface area contributed by atoms with Crippen molar-refractivity contribution < 1.29 is 19.2 Å². The molecule has 82 valence electrons. The van der Waals surface area contributed by atoms with Gasteiger partial charge < -0.3 is 19.2 Å². The molecule has 1 aliphatic heterocycles. The first kappa shape index (κ1) is 12.0. The van der Waals surface area contributed by atoms with E-state index in [0.29, 0.717) is 6.51 Å². The van der Waals surface area contributed by atoms with E-state index in [1.165, 1.54) is 0 Å². The van der Waals surface area contributed by atoms with E-state index in [2.05, 4.69) is 0 Å². The summed E-state index contributed by atoms with van der Waals surface area (Å²) in [6.45, 7) is 9.75. The van der Waals surface area contributed by atoms with Gasteiger partial charge in [0.05, 0.1) is 17.7 Å². The fourth-order valence-corrected chi connectivity index (χ4v) is 1.24. The van der Waals surface area contributed by atoms with E-state index in [9.17, 15) is 0 Å². The summed E-state index contributed by atoms with van der Waals surface area (Å²) in [6, 6.07) is 0. The van der Waals surface area contributed by atoms with Crippen LogP contribution in [-0.2, 0) is 14.0 Å². The zero-order chi connectivity index (χ0) is 11.0. The van der Waals surface area contributed by atoms with Gasteiger partial charge in [0.15, 0.2) is 0 Å². The monoisotopic (exact) mass is 202 g/mol. The molecule has 1 heterocycles. The van der Waals surface area contributed by atoms with Crippen molar-refractivity contribution in [1.29, 1.82) is 0 Å². The Morgan fingerprint density at radius 2 is 1.86 bits per heavy atom. The van der Waals surface area contributed by atoms with Crippen molar-refractivity contribution in [2.24, 2.45) is 0 Å². The Bertz CT molecular complexity index is 203. The number of rotatable bonds is 2. The number of ether oxygens (including phenoxy) is 1. The third-order valence-corrected chi connectivity index (χ3v) is 2.80. The van der Waals surface area contributed by atoms with Crippen molar-refractivity contribution in [3.05, 3.63) is 0 Å². The van der Waals surface area contributed by atoms with Gasteiger partial charge in [0.1, 0.15) is 6.29 Å². The Kier molecular flexibility index (Phi) is 3.26. The molecule has 1 N–H and O–H groups in total. The first-order valence-electron chi connectivity index (χ1n) is 4.90. The normalized spacial score (nSPS) is 27.4. The van der Waals surface area contributed by atoms with Crippen LogP contribution in [0.5, 0.6) is 0 Å². The molecule has 5 heteroatoms. The van der Waals surface area contributed by atoms with Crippen LogP contribution in [0.2, 0.25) is 0 Å². The molecule has 1 fully saturated rings. The zero-order valence-corrected chi connectivity index (χ0v) is 9.53. The van der Waals surface area contributed by atoms with E-state index < -0.39 is 19.0 Å². The summed E-state index contributed by atoms with van der Waals surface area (Å²) in [5.41, 5.74) is -0.767. The van der Waals surface area contributed by atoms with E-state index >= 15 is 0 Å². The van der Waals surface area contributed by atoms with Crippen LogP contribution < -0.4 is 0 Å². The molecule has 14 heavy (non-hydrogen) atoms. The highest BCUT2D eigenvalue weighted by Gasteiger charge is 2.47. The average Bonchev–Trinajstić information content (AvgIpc) is 1.96. The second-order valence-electron chi connectivity index (χ2n) is 4.61. The maximum absolute atomic E-state index is 9.05. The van der Waals surface area contributed by atoms with Gasteiger partial charge in [-0.3, -0.25) is 0 Å². The molecular weight excluding hydrogens is 183 g/mol. The average molecular weight is 202 g/mol. The minimum atomic E-state index is -0.833. The van der Waals surface area contributed by atoms with Gasteiger partial charge in [-0.25, -0.2) is 0 Å². The second kappa shape index (κ2) is 3.81. The zero-order valence-electron chi connectivity index (χ0n) is 9.53. The first-order chi connectivity index (χ1) is 6.24. The molecule has 0 radical (unpaired) electrons. The van der Waals surface area contributed by atoms with E-state index in [0.717, 1.165) is 0 Å². The highest BCUT2D eigenvalue weighted by atomic mass is 16.7. The molecule has 1 unspecified atom stereocenters. The smallest absolute Gasteiger partial charge is 0.402 e. The van der Waals surface area contributed by atoms with Gasteiger partial charge in [-0.1, -0.05) is 0 Å². The lowest BCUT2D eigenvalue weighted by molar-refractivity contribution is -0.177. The highest BCUT2D eigenvalue weighted by Crippen LogP contribution is 2.33. The molecule has 4 nitrogen and oxygen atoms in total. The van der Waals surface area contributed by atoms with Crippen molar-refractivity contribution in [2.45, 2.75) is 52.1 Å². The third kappa shape index (κ3) is 2.48. The Labute approximate surface area is 85.7 Å². The molecule has 0 saturated carbocycles. The fourth-order valence-electron chi connectivity index (χ4n) is 1.24. The van der Waals surface area contributed by atoms with Crippen LogP contribution in [0.1, 0.15) is 34.6 Å². The Morgan fingerprint density at radius 1 is 1.29 bits per heavy atom. The van der Waals surface area contributed by atoms with Crippen LogP contribution in [0.3, 0.4) is 0 Å². The van der Waals surface area contributed by atoms with E-state index in [-0.39, 0.29) is 5.60 Å². The van der Waals surface area contributed by atoms with Crippen molar-refractivity contribution in [1.82, 2.24) is 0 Å². The molecule has 0 aromatic rings. The molecular formula is C9H19BO4. The summed E-state index contributed by atoms with van der Waals surface area (Å²) in [6.07, 6.45) is -0.833. The predicted molar refractivity (Wildman–Crippen MR) is 53.7 cm³/mol. The maximum Gasteiger partial charge on any atom is 0.486 e. The Hall–Kier alpha value is -0.0951. The van der Waals surface area contributed by atoms with Crippen LogP contribution >= 0.6 is 0 Å². The van der Waals surface area contributed by atoms with Crippen LogP contribution in [-0.4, -0.2) is 36.2 Å². The molecule has 0 aromatic heterocycles. The minimum Gasteiger partial charge on any atom is -0.402 e. The van der Waals surface area contributed by atoms with Crippen LogP contribution in [0.4, 0.5) is 0 Å². The molecule has 0 aromatic carbocycles. The van der Waals surface area contributed by atoms with Gasteiger partial charge in [-0.2, -0.15) is 0 Å². The van der Waals surface area contributed by atoms with E-state index in [4.69, 9.17) is 19.2 Å². The minimum absolute atomic E-state index is 0.342. The molecule has 0 spiro atoms. The van der Waals surface area contributed by atoms with Crippen molar-refractivity contribution in [3.63, 3.8) is 0 Å². The molecule has 1 atom stereocenters. The van der Waals surface area contributed by atoms with Crippen molar-refractivity contribution >= 4 is 7.12 Å². The quantitative estimate of drug-likeness (QED) is 0.535. The number of aliphatic hydroxyl groups is 1. The first-order valence-corrected chi connectivity index (χ1v) is 4.90. The van der Waals surface area contributed by atoms with Crippen LogP contribution in [0, 0.1) is 0 Å². The van der Waals surface area contributed by atoms with Crippen molar-refractivity contribution in [2.75, 3.05) is 6.51 Å². The molecule has 1 aliphatic rings. The van der Waals surface area contributed by atoms with E-state index in [1.54, 1.807) is 6.92 Å². The van der Waals surface area contributed by atoms with Crippen LogP contribution in [0.15, 0.2) is 0 Å². The lowest BCUT2D eigenvalue weighted by Gasteiger charge is -2.47. The summed E-state index contributed by atoms with van der Waals surface area (Å²) in [5.74, 6) is 0. The van der Waals surface area contributed by atoms with Gasteiger partial charge in [-0.05, 0) is 34.6 Å². The largest absolute Gasteiger partial charge is 0.486 e. The van der Waals surface area contributed by atoms with E-state index in [1.807, 2.05) is 27.7 Å². The predicted octanol–water partition coefficient (Wildman–Crippen LogP) is 0.973. The number of aliphatic hydroxyl groups excluding tert-OH is 1. The topological polar surface area (TPSA) is 47.9 Å². The summed E-state index contributed by atoms with van der Waals surface area (Å²) >= 11 is 0. The Morgan fingerprint density at radius 3 is 2.29 bits per heavy atom. The van der Waals surface area contributed by atoms with Gasteiger partial charge in [-0.15, -0.1) is 0 Å². The van der Waals surface area contributed by atoms with Gasteiger partial charge in [0.25, 0.3) is 0 Å². The van der Waals surface area contributed by atoms with Crippen molar-refractivity contribution in [3.8, 4) is 0 Å². The lowest BCUT2D eigenvalue weighted by Crippen LogP contribution is -2.59. The molecule has 0 bridgehead atoms. The summed E-state index contributed by atoms with van der Waals surface area (Å²) in [7, 11) is -0.488. The summed E-state index contributed by atoms with van der Waals surface area (Å²) < 4.78 is 16.5. The van der Waals surface area contributed by atoms with Gasteiger partial charge in [0.2, 0.25) is 0 Å². The molecule has 0 aliphatic carbocycles.